The van der Waals surface area contributed by atoms with Gasteiger partial charge < -0.3 is 4.42 Å². The minimum atomic E-state index is 0.505. The van der Waals surface area contributed by atoms with E-state index in [0.29, 0.717) is 22.8 Å². The molecular weight excluding hydrogens is 240 g/mol. The second-order valence-electron chi connectivity index (χ2n) is 4.52. The van der Waals surface area contributed by atoms with Gasteiger partial charge in [-0.25, -0.2) is 9.97 Å². The van der Waals surface area contributed by atoms with Gasteiger partial charge in [0.2, 0.25) is 0 Å². The molecule has 0 radical (unpaired) electrons. The van der Waals surface area contributed by atoms with Crippen molar-refractivity contribution in [3.63, 3.8) is 0 Å². The number of aryl methyl sites for hydroxylation is 3. The fourth-order valence-electron chi connectivity index (χ4n) is 2.14. The maximum absolute atomic E-state index is 9.13. The molecule has 3 heterocycles. The first-order chi connectivity index (χ1) is 9.10. The Morgan fingerprint density at radius 3 is 2.79 bits per heavy atom. The number of nitrogens with zero attached hydrogens (tertiary/aromatic N) is 4. The summed E-state index contributed by atoms with van der Waals surface area (Å²) in [7, 11) is 0. The third-order valence-corrected chi connectivity index (χ3v) is 3.08. The second kappa shape index (κ2) is 3.95. The molecule has 0 amide bonds. The van der Waals surface area contributed by atoms with Crippen molar-refractivity contribution in [3.05, 3.63) is 41.2 Å². The number of hydrogen-bond donors (Lipinski definition) is 0. The fraction of sp³-hybridized carbons (Fsp3) is 0.214. The van der Waals surface area contributed by atoms with Crippen molar-refractivity contribution in [2.75, 3.05) is 0 Å². The zero-order valence-electron chi connectivity index (χ0n) is 10.9. The maximum Gasteiger partial charge on any atom is 0.170 e. The third kappa shape index (κ3) is 1.69. The quantitative estimate of drug-likeness (QED) is 0.667. The molecule has 0 aliphatic carbocycles. The second-order valence-corrected chi connectivity index (χ2v) is 4.52. The standard InChI is InChI=1S/C14H12N4O/c1-8-4-12(13-11(6-15)5-9(2)19-13)17-14-10(3)16-7-18(8)14/h4-5,7H,1-3H3. The largest absolute Gasteiger partial charge is 0.458 e. The van der Waals surface area contributed by atoms with Gasteiger partial charge in [0.1, 0.15) is 29.4 Å². The Labute approximate surface area is 110 Å². The van der Waals surface area contributed by atoms with Gasteiger partial charge in [-0.2, -0.15) is 5.26 Å². The van der Waals surface area contributed by atoms with E-state index >= 15 is 0 Å². The Morgan fingerprint density at radius 1 is 1.26 bits per heavy atom. The van der Waals surface area contributed by atoms with Gasteiger partial charge in [0.15, 0.2) is 11.4 Å². The molecule has 0 saturated carbocycles. The normalized spacial score (nSPS) is 10.8. The van der Waals surface area contributed by atoms with Gasteiger partial charge in [0, 0.05) is 5.69 Å². The van der Waals surface area contributed by atoms with E-state index in [1.807, 2.05) is 31.2 Å². The number of rotatable bonds is 1. The summed E-state index contributed by atoms with van der Waals surface area (Å²) in [6.07, 6.45) is 1.75. The summed E-state index contributed by atoms with van der Waals surface area (Å²) in [5.41, 5.74) is 3.81. The molecule has 0 spiro atoms. The van der Waals surface area contributed by atoms with Crippen LogP contribution in [0.2, 0.25) is 0 Å². The summed E-state index contributed by atoms with van der Waals surface area (Å²) in [6, 6.07) is 5.75. The van der Waals surface area contributed by atoms with Crippen LogP contribution in [-0.2, 0) is 0 Å². The summed E-state index contributed by atoms with van der Waals surface area (Å²) in [4.78, 5) is 8.79. The molecule has 0 aliphatic rings. The lowest BCUT2D eigenvalue weighted by molar-refractivity contribution is 0.546. The molecule has 0 bridgehead atoms. The third-order valence-electron chi connectivity index (χ3n) is 3.08. The van der Waals surface area contributed by atoms with Crippen molar-refractivity contribution in [1.29, 1.82) is 5.26 Å². The predicted octanol–water partition coefficient (Wildman–Crippen LogP) is 2.79. The van der Waals surface area contributed by atoms with Gasteiger partial charge >= 0.3 is 0 Å². The van der Waals surface area contributed by atoms with Crippen LogP contribution in [0, 0.1) is 32.1 Å². The van der Waals surface area contributed by atoms with Crippen LogP contribution in [0.1, 0.15) is 22.7 Å². The van der Waals surface area contributed by atoms with Gasteiger partial charge in [0.25, 0.3) is 0 Å². The Kier molecular flexibility index (Phi) is 2.39. The highest BCUT2D eigenvalue weighted by Crippen LogP contribution is 2.26. The van der Waals surface area contributed by atoms with Crippen molar-refractivity contribution >= 4 is 5.65 Å². The summed E-state index contributed by atoms with van der Waals surface area (Å²) < 4.78 is 7.51. The van der Waals surface area contributed by atoms with E-state index in [9.17, 15) is 0 Å². The van der Waals surface area contributed by atoms with Crippen LogP contribution < -0.4 is 0 Å². The monoisotopic (exact) mass is 252 g/mol. The summed E-state index contributed by atoms with van der Waals surface area (Å²) in [6.45, 7) is 5.70. The molecular formula is C14H12N4O. The molecule has 0 aromatic carbocycles. The molecule has 19 heavy (non-hydrogen) atoms. The number of furan rings is 1. The lowest BCUT2D eigenvalue weighted by Crippen LogP contribution is -1.95. The van der Waals surface area contributed by atoms with Crippen LogP contribution in [0.25, 0.3) is 17.1 Å². The predicted molar refractivity (Wildman–Crippen MR) is 69.6 cm³/mol. The van der Waals surface area contributed by atoms with Crippen LogP contribution in [0.3, 0.4) is 0 Å². The molecule has 5 heteroatoms. The first-order valence-electron chi connectivity index (χ1n) is 5.92. The zero-order chi connectivity index (χ0) is 13.6. The molecule has 3 rings (SSSR count). The Morgan fingerprint density at radius 2 is 2.05 bits per heavy atom. The van der Waals surface area contributed by atoms with Crippen LogP contribution >= 0.6 is 0 Å². The van der Waals surface area contributed by atoms with Crippen molar-refractivity contribution in [2.45, 2.75) is 20.8 Å². The van der Waals surface area contributed by atoms with Gasteiger partial charge in [-0.05, 0) is 32.9 Å². The van der Waals surface area contributed by atoms with Crippen molar-refractivity contribution in [1.82, 2.24) is 14.4 Å². The van der Waals surface area contributed by atoms with Crippen molar-refractivity contribution in [2.24, 2.45) is 0 Å². The smallest absolute Gasteiger partial charge is 0.170 e. The molecule has 0 N–H and O–H groups in total. The Bertz CT molecular complexity index is 820. The van der Waals surface area contributed by atoms with E-state index < -0.39 is 0 Å². The lowest BCUT2D eigenvalue weighted by atomic mass is 10.2. The Balaban J connectivity index is 2.31. The zero-order valence-corrected chi connectivity index (χ0v) is 10.9. The molecule has 3 aromatic rings. The molecule has 0 atom stereocenters. The van der Waals surface area contributed by atoms with E-state index in [0.717, 1.165) is 17.0 Å². The first-order valence-corrected chi connectivity index (χ1v) is 5.92. The SMILES string of the molecule is Cc1cc(C#N)c(-c2cc(C)n3cnc(C)c3n2)o1. The lowest BCUT2D eigenvalue weighted by Gasteiger charge is -2.03. The molecule has 5 nitrogen and oxygen atoms in total. The topological polar surface area (TPSA) is 67.1 Å². The minimum absolute atomic E-state index is 0.505. The van der Waals surface area contributed by atoms with Gasteiger partial charge in [-0.3, -0.25) is 4.40 Å². The average Bonchev–Trinajstić information content (AvgIpc) is 2.93. The summed E-state index contributed by atoms with van der Waals surface area (Å²) in [5, 5.41) is 9.13. The highest BCUT2D eigenvalue weighted by atomic mass is 16.3. The average molecular weight is 252 g/mol. The highest BCUT2D eigenvalue weighted by Gasteiger charge is 2.15. The molecule has 0 saturated heterocycles. The van der Waals surface area contributed by atoms with Crippen molar-refractivity contribution < 1.29 is 4.42 Å². The van der Waals surface area contributed by atoms with Crippen LogP contribution in [0.15, 0.2) is 22.9 Å². The number of hydrogen-bond acceptors (Lipinski definition) is 4. The summed E-state index contributed by atoms with van der Waals surface area (Å²) in [5.74, 6) is 1.22. The Hall–Kier alpha value is -2.61. The first kappa shape index (κ1) is 11.5. The fourth-order valence-corrected chi connectivity index (χ4v) is 2.14. The van der Waals surface area contributed by atoms with E-state index in [2.05, 4.69) is 16.0 Å². The number of aromatic nitrogens is 3. The van der Waals surface area contributed by atoms with Crippen LogP contribution in [0.5, 0.6) is 0 Å². The molecule has 94 valence electrons. The molecule has 3 aromatic heterocycles. The highest BCUT2D eigenvalue weighted by molar-refractivity contribution is 5.65. The van der Waals surface area contributed by atoms with E-state index in [1.165, 1.54) is 0 Å². The maximum atomic E-state index is 9.13. The van der Waals surface area contributed by atoms with E-state index in [1.54, 1.807) is 12.4 Å². The number of imidazole rings is 1. The van der Waals surface area contributed by atoms with E-state index in [4.69, 9.17) is 9.68 Å². The van der Waals surface area contributed by atoms with Gasteiger partial charge in [-0.1, -0.05) is 0 Å². The number of fused-ring (bicyclic) bond motifs is 1. The minimum Gasteiger partial charge on any atom is -0.458 e. The van der Waals surface area contributed by atoms with Crippen molar-refractivity contribution in [3.8, 4) is 17.5 Å². The molecule has 0 fully saturated rings. The number of nitriles is 1. The van der Waals surface area contributed by atoms with Crippen LogP contribution in [-0.4, -0.2) is 14.4 Å². The van der Waals surface area contributed by atoms with Crippen LogP contribution in [0.4, 0.5) is 0 Å². The van der Waals surface area contributed by atoms with E-state index in [-0.39, 0.29) is 0 Å². The van der Waals surface area contributed by atoms with Gasteiger partial charge in [-0.15, -0.1) is 0 Å². The van der Waals surface area contributed by atoms with Gasteiger partial charge in [0.05, 0.1) is 5.69 Å². The summed E-state index contributed by atoms with van der Waals surface area (Å²) >= 11 is 0. The molecule has 0 unspecified atom stereocenters. The molecule has 0 aliphatic heterocycles.